The Hall–Kier alpha value is -2.70. The van der Waals surface area contributed by atoms with E-state index in [1.165, 1.54) is 0 Å². The van der Waals surface area contributed by atoms with Crippen molar-refractivity contribution in [3.63, 3.8) is 0 Å². The van der Waals surface area contributed by atoms with Crippen LogP contribution in [0.4, 0.5) is 5.95 Å². The molecule has 2 aromatic heterocycles. The van der Waals surface area contributed by atoms with Gasteiger partial charge in [-0.3, -0.25) is 9.78 Å². The zero-order valence-electron chi connectivity index (χ0n) is 14.5. The molecule has 26 heavy (non-hydrogen) atoms. The monoisotopic (exact) mass is 352 g/mol. The first kappa shape index (κ1) is 15.5. The summed E-state index contributed by atoms with van der Waals surface area (Å²) in [7, 11) is 0. The van der Waals surface area contributed by atoms with Crippen LogP contribution in [0.15, 0.2) is 23.1 Å². The average Bonchev–Trinajstić information content (AvgIpc) is 2.94. The lowest BCUT2D eigenvalue weighted by Crippen LogP contribution is -2.44. The first-order valence-electron chi connectivity index (χ1n) is 9.22. The summed E-state index contributed by atoms with van der Waals surface area (Å²) in [4.78, 5) is 38.5. The van der Waals surface area contributed by atoms with Gasteiger partial charge in [0.15, 0.2) is 5.69 Å². The fourth-order valence-corrected chi connectivity index (χ4v) is 4.41. The van der Waals surface area contributed by atoms with Gasteiger partial charge in [-0.05, 0) is 31.7 Å². The molecule has 0 radical (unpaired) electrons. The molecule has 0 unspecified atom stereocenters. The van der Waals surface area contributed by atoms with Crippen LogP contribution in [0.5, 0.6) is 0 Å². The Bertz CT molecular complexity index is 944. The Morgan fingerprint density at radius 3 is 2.81 bits per heavy atom. The van der Waals surface area contributed by atoms with Crippen LogP contribution in [-0.4, -0.2) is 34.0 Å². The predicted octanol–water partition coefficient (Wildman–Crippen LogP) is 1.71. The molecule has 7 nitrogen and oxygen atoms in total. The summed E-state index contributed by atoms with van der Waals surface area (Å²) in [5, 5.41) is 0. The van der Waals surface area contributed by atoms with E-state index in [1.54, 1.807) is 6.20 Å². The van der Waals surface area contributed by atoms with Gasteiger partial charge in [0.25, 0.3) is 5.56 Å². The summed E-state index contributed by atoms with van der Waals surface area (Å²) >= 11 is 0. The third kappa shape index (κ3) is 2.26. The molecule has 1 spiro atoms. The summed E-state index contributed by atoms with van der Waals surface area (Å²) in [6.45, 7) is 1.34. The topological polar surface area (TPSA) is 88.2 Å². The Balaban J connectivity index is 1.41. The standard InChI is InChI=1S/C19H20N4O3/c24-16-12-4-1-2-6-14(12)21-18(22-16)23-10-7-19(8-11-23)13-5-3-9-20-15(13)17(25)26-19/h3,5,9H,1-2,4,6-8,10-11H2,(H,21,22,24). The second kappa shape index (κ2) is 5.65. The maximum Gasteiger partial charge on any atom is 0.358 e. The van der Waals surface area contributed by atoms with Crippen molar-refractivity contribution in [3.05, 3.63) is 51.2 Å². The minimum absolute atomic E-state index is 0.00757. The smallest absolute Gasteiger partial charge is 0.358 e. The molecule has 1 aliphatic carbocycles. The maximum atomic E-state index is 12.4. The maximum absolute atomic E-state index is 12.4. The summed E-state index contributed by atoms with van der Waals surface area (Å²) in [5.41, 5.74) is 2.51. The summed E-state index contributed by atoms with van der Waals surface area (Å²) < 4.78 is 5.74. The highest BCUT2D eigenvalue weighted by atomic mass is 16.6. The third-order valence-corrected chi connectivity index (χ3v) is 5.83. The molecule has 0 saturated carbocycles. The van der Waals surface area contributed by atoms with Gasteiger partial charge in [0.05, 0.1) is 5.69 Å². The number of hydrogen-bond donors (Lipinski definition) is 1. The number of anilines is 1. The molecule has 0 bridgehead atoms. The molecule has 1 N–H and O–H groups in total. The average molecular weight is 352 g/mol. The molecular formula is C19H20N4O3. The molecule has 3 aliphatic rings. The number of pyridine rings is 1. The Labute approximate surface area is 150 Å². The highest BCUT2D eigenvalue weighted by Crippen LogP contribution is 2.43. The first-order chi connectivity index (χ1) is 12.7. The number of ether oxygens (including phenoxy) is 1. The molecule has 7 heteroatoms. The number of esters is 1. The van der Waals surface area contributed by atoms with Crippen LogP contribution in [-0.2, 0) is 23.2 Å². The molecule has 2 aromatic rings. The van der Waals surface area contributed by atoms with E-state index >= 15 is 0 Å². The Kier molecular flexibility index (Phi) is 3.38. The van der Waals surface area contributed by atoms with E-state index in [0.717, 1.165) is 42.5 Å². The van der Waals surface area contributed by atoms with Crippen LogP contribution in [0.2, 0.25) is 0 Å². The van der Waals surface area contributed by atoms with E-state index < -0.39 is 5.60 Å². The number of nitrogens with one attached hydrogen (secondary N) is 1. The molecule has 5 rings (SSSR count). The fraction of sp³-hybridized carbons (Fsp3) is 0.474. The predicted molar refractivity (Wildman–Crippen MR) is 94.3 cm³/mol. The van der Waals surface area contributed by atoms with Crippen molar-refractivity contribution in [2.24, 2.45) is 0 Å². The summed E-state index contributed by atoms with van der Waals surface area (Å²) in [6, 6.07) is 3.78. The minimum Gasteiger partial charge on any atom is -0.449 e. The number of carbonyl (C=O) groups is 1. The number of aromatic nitrogens is 3. The van der Waals surface area contributed by atoms with Crippen molar-refractivity contribution < 1.29 is 9.53 Å². The highest BCUT2D eigenvalue weighted by Gasteiger charge is 2.48. The number of rotatable bonds is 1. The van der Waals surface area contributed by atoms with Gasteiger partial charge in [-0.25, -0.2) is 14.8 Å². The van der Waals surface area contributed by atoms with Crippen LogP contribution in [0.25, 0.3) is 0 Å². The largest absolute Gasteiger partial charge is 0.449 e. The van der Waals surface area contributed by atoms with E-state index in [1.807, 2.05) is 12.1 Å². The van der Waals surface area contributed by atoms with Crippen LogP contribution in [0.3, 0.4) is 0 Å². The van der Waals surface area contributed by atoms with Crippen molar-refractivity contribution in [3.8, 4) is 0 Å². The number of hydrogen-bond acceptors (Lipinski definition) is 6. The van der Waals surface area contributed by atoms with Gasteiger partial charge in [0, 0.05) is 43.3 Å². The molecular weight excluding hydrogens is 332 g/mol. The lowest BCUT2D eigenvalue weighted by atomic mass is 9.85. The molecule has 1 saturated heterocycles. The lowest BCUT2D eigenvalue weighted by molar-refractivity contribution is -0.0212. The molecule has 0 atom stereocenters. The van der Waals surface area contributed by atoms with E-state index in [9.17, 15) is 9.59 Å². The van der Waals surface area contributed by atoms with E-state index in [-0.39, 0.29) is 11.5 Å². The van der Waals surface area contributed by atoms with Gasteiger partial charge in [-0.2, -0.15) is 0 Å². The van der Waals surface area contributed by atoms with Crippen LogP contribution < -0.4 is 10.5 Å². The van der Waals surface area contributed by atoms with Crippen molar-refractivity contribution in [2.75, 3.05) is 18.0 Å². The van der Waals surface area contributed by atoms with E-state index in [4.69, 9.17) is 9.72 Å². The Morgan fingerprint density at radius 2 is 1.96 bits per heavy atom. The number of aryl methyl sites for hydroxylation is 1. The molecule has 0 aromatic carbocycles. The number of carbonyl (C=O) groups excluding carboxylic acids is 1. The summed E-state index contributed by atoms with van der Waals surface area (Å²) in [5.74, 6) is 0.301. The van der Waals surface area contributed by atoms with E-state index in [0.29, 0.717) is 37.6 Å². The number of nitrogens with zero attached hydrogens (tertiary/aromatic N) is 3. The lowest BCUT2D eigenvalue weighted by Gasteiger charge is -2.38. The minimum atomic E-state index is -0.592. The van der Waals surface area contributed by atoms with Gasteiger partial charge >= 0.3 is 5.97 Å². The second-order valence-corrected chi connectivity index (χ2v) is 7.29. The van der Waals surface area contributed by atoms with Crippen molar-refractivity contribution in [2.45, 2.75) is 44.1 Å². The normalized spacial score (nSPS) is 20.6. The number of aromatic amines is 1. The SMILES string of the molecule is O=C1OC2(CCN(c3nc4c(c(=O)[nH]3)CCCC4)CC2)c2cccnc21. The molecule has 1 fully saturated rings. The molecule has 4 heterocycles. The van der Waals surface area contributed by atoms with Crippen molar-refractivity contribution in [1.82, 2.24) is 15.0 Å². The number of H-pyrrole nitrogens is 1. The first-order valence-corrected chi connectivity index (χ1v) is 9.22. The van der Waals surface area contributed by atoms with Gasteiger partial charge in [-0.1, -0.05) is 6.07 Å². The Morgan fingerprint density at radius 1 is 1.15 bits per heavy atom. The zero-order valence-corrected chi connectivity index (χ0v) is 14.5. The molecule has 134 valence electrons. The van der Waals surface area contributed by atoms with Gasteiger partial charge in [0.1, 0.15) is 5.60 Å². The van der Waals surface area contributed by atoms with Gasteiger partial charge in [-0.15, -0.1) is 0 Å². The van der Waals surface area contributed by atoms with Crippen LogP contribution in [0, 0.1) is 0 Å². The van der Waals surface area contributed by atoms with Gasteiger partial charge in [0.2, 0.25) is 5.95 Å². The van der Waals surface area contributed by atoms with E-state index in [2.05, 4.69) is 14.9 Å². The number of fused-ring (bicyclic) bond motifs is 3. The molecule has 2 aliphatic heterocycles. The summed E-state index contributed by atoms with van der Waals surface area (Å²) in [6.07, 6.45) is 6.79. The number of piperidine rings is 1. The fourth-order valence-electron chi connectivity index (χ4n) is 4.41. The van der Waals surface area contributed by atoms with Crippen LogP contribution in [0.1, 0.15) is 53.0 Å². The highest BCUT2D eigenvalue weighted by molar-refractivity contribution is 5.92. The van der Waals surface area contributed by atoms with Crippen molar-refractivity contribution in [1.29, 1.82) is 0 Å². The van der Waals surface area contributed by atoms with Crippen LogP contribution >= 0.6 is 0 Å². The molecule has 0 amide bonds. The quantitative estimate of drug-likeness (QED) is 0.786. The van der Waals surface area contributed by atoms with Crippen molar-refractivity contribution >= 4 is 11.9 Å². The van der Waals surface area contributed by atoms with Gasteiger partial charge < -0.3 is 9.64 Å². The zero-order chi connectivity index (χ0) is 17.7. The third-order valence-electron chi connectivity index (χ3n) is 5.83. The second-order valence-electron chi connectivity index (χ2n) is 7.29.